The summed E-state index contributed by atoms with van der Waals surface area (Å²) in [5, 5.41) is 3.36. The second-order valence-corrected chi connectivity index (χ2v) is 7.82. The molecule has 6 heteroatoms. The zero-order valence-corrected chi connectivity index (χ0v) is 19.5. The van der Waals surface area contributed by atoms with Gasteiger partial charge in [0.2, 0.25) is 0 Å². The minimum Gasteiger partial charge on any atom is -0.493 e. The third kappa shape index (κ3) is 6.01. The Labute approximate surface area is 191 Å². The van der Waals surface area contributed by atoms with E-state index in [1.807, 2.05) is 36.4 Å². The molecule has 0 spiro atoms. The van der Waals surface area contributed by atoms with Gasteiger partial charge in [0, 0.05) is 16.7 Å². The highest BCUT2D eigenvalue weighted by molar-refractivity contribution is 9.10. The molecule has 3 aromatic rings. The average Bonchev–Trinajstić information content (AvgIpc) is 2.78. The van der Waals surface area contributed by atoms with Gasteiger partial charge in [0.15, 0.2) is 11.5 Å². The molecular formula is C25H26BrNO4. The molecule has 0 fully saturated rings. The van der Waals surface area contributed by atoms with Crippen LogP contribution >= 0.6 is 15.9 Å². The maximum atomic E-state index is 11.8. The van der Waals surface area contributed by atoms with Gasteiger partial charge in [-0.05, 0) is 66.9 Å². The Morgan fingerprint density at radius 2 is 1.74 bits per heavy atom. The summed E-state index contributed by atoms with van der Waals surface area (Å²) in [4.78, 5) is 11.8. The second kappa shape index (κ2) is 10.9. The first kappa shape index (κ1) is 22.7. The first-order valence-electron chi connectivity index (χ1n) is 10.1. The van der Waals surface area contributed by atoms with E-state index < -0.39 is 0 Å². The Bertz CT molecular complexity index is 1030. The molecule has 0 heterocycles. The zero-order valence-electron chi connectivity index (χ0n) is 17.9. The van der Waals surface area contributed by atoms with Crippen LogP contribution < -0.4 is 14.8 Å². The summed E-state index contributed by atoms with van der Waals surface area (Å²) in [5.74, 6) is 1.04. The molecule has 0 unspecified atom stereocenters. The molecule has 31 heavy (non-hydrogen) atoms. The topological polar surface area (TPSA) is 56.8 Å². The van der Waals surface area contributed by atoms with E-state index in [2.05, 4.69) is 40.3 Å². The zero-order chi connectivity index (χ0) is 22.2. The minimum absolute atomic E-state index is 0.317. The Morgan fingerprint density at radius 1 is 1.00 bits per heavy atom. The molecule has 0 aromatic heterocycles. The number of anilines is 1. The van der Waals surface area contributed by atoms with Gasteiger partial charge in [-0.1, -0.05) is 40.2 Å². The summed E-state index contributed by atoms with van der Waals surface area (Å²) in [5.41, 5.74) is 4.78. The van der Waals surface area contributed by atoms with Crippen LogP contribution in [0, 0.1) is 6.92 Å². The molecule has 0 saturated carbocycles. The highest BCUT2D eigenvalue weighted by atomic mass is 79.9. The molecule has 0 aliphatic carbocycles. The molecule has 0 amide bonds. The summed E-state index contributed by atoms with van der Waals surface area (Å²) in [7, 11) is 1.63. The van der Waals surface area contributed by atoms with Gasteiger partial charge in [-0.2, -0.15) is 0 Å². The highest BCUT2D eigenvalue weighted by Gasteiger charge is 2.12. The van der Waals surface area contributed by atoms with Crippen molar-refractivity contribution in [3.05, 3.63) is 87.4 Å². The smallest absolute Gasteiger partial charge is 0.338 e. The van der Waals surface area contributed by atoms with E-state index in [0.717, 1.165) is 21.3 Å². The number of rotatable bonds is 9. The third-order valence-electron chi connectivity index (χ3n) is 4.86. The van der Waals surface area contributed by atoms with E-state index in [4.69, 9.17) is 14.2 Å². The Balaban J connectivity index is 1.67. The maximum Gasteiger partial charge on any atom is 0.338 e. The average molecular weight is 484 g/mol. The van der Waals surface area contributed by atoms with Crippen molar-refractivity contribution in [2.24, 2.45) is 0 Å². The molecule has 0 aliphatic rings. The fourth-order valence-corrected chi connectivity index (χ4v) is 3.51. The lowest BCUT2D eigenvalue weighted by Gasteiger charge is -2.15. The van der Waals surface area contributed by atoms with Crippen LogP contribution in [0.4, 0.5) is 5.69 Å². The monoisotopic (exact) mass is 483 g/mol. The van der Waals surface area contributed by atoms with Gasteiger partial charge in [0.25, 0.3) is 0 Å². The fraction of sp³-hybridized carbons (Fsp3) is 0.240. The van der Waals surface area contributed by atoms with Gasteiger partial charge >= 0.3 is 5.97 Å². The van der Waals surface area contributed by atoms with Crippen molar-refractivity contribution < 1.29 is 19.0 Å². The van der Waals surface area contributed by atoms with Gasteiger partial charge in [0.05, 0.1) is 19.3 Å². The first-order chi connectivity index (χ1) is 15.0. The lowest BCUT2D eigenvalue weighted by molar-refractivity contribution is 0.0526. The van der Waals surface area contributed by atoms with Crippen LogP contribution in [0.25, 0.3) is 0 Å². The van der Waals surface area contributed by atoms with Crippen LogP contribution in [0.1, 0.15) is 34.0 Å². The van der Waals surface area contributed by atoms with Crippen LogP contribution in [-0.2, 0) is 17.9 Å². The van der Waals surface area contributed by atoms with E-state index in [1.54, 1.807) is 26.2 Å². The number of methoxy groups -OCH3 is 1. The Morgan fingerprint density at radius 3 is 2.42 bits per heavy atom. The van der Waals surface area contributed by atoms with Gasteiger partial charge < -0.3 is 19.5 Å². The Hall–Kier alpha value is -2.99. The van der Waals surface area contributed by atoms with Crippen molar-refractivity contribution in [3.63, 3.8) is 0 Å². The molecule has 0 atom stereocenters. The molecule has 0 radical (unpaired) electrons. The minimum atomic E-state index is -0.317. The molecular weight excluding hydrogens is 458 g/mol. The highest BCUT2D eigenvalue weighted by Crippen LogP contribution is 2.34. The lowest BCUT2D eigenvalue weighted by atomic mass is 10.1. The van der Waals surface area contributed by atoms with Crippen LogP contribution in [0.15, 0.2) is 65.1 Å². The lowest BCUT2D eigenvalue weighted by Crippen LogP contribution is -2.05. The molecule has 0 aliphatic heterocycles. The number of carbonyl (C=O) groups excluding carboxylic acids is 1. The number of halogens is 1. The number of ether oxygens (including phenoxy) is 3. The van der Waals surface area contributed by atoms with Crippen LogP contribution in [0.5, 0.6) is 11.5 Å². The number of esters is 1. The Kier molecular flexibility index (Phi) is 7.95. The largest absolute Gasteiger partial charge is 0.493 e. The quantitative estimate of drug-likeness (QED) is 0.370. The standard InChI is InChI=1S/C25H26BrNO4/c1-4-30-25(28)18-9-11-21(12-10-18)27-15-20-13-23(29-3)24(14-22(20)26)31-16-19-8-6-5-7-17(19)2/h5-14,27H,4,15-16H2,1-3H3. The SMILES string of the molecule is CCOC(=O)c1ccc(NCc2cc(OC)c(OCc3ccccc3C)cc2Br)cc1. The molecule has 1 N–H and O–H groups in total. The van der Waals surface area contributed by atoms with Crippen LogP contribution in [-0.4, -0.2) is 19.7 Å². The van der Waals surface area contributed by atoms with Gasteiger partial charge in [0.1, 0.15) is 6.61 Å². The maximum absolute atomic E-state index is 11.8. The summed E-state index contributed by atoms with van der Waals surface area (Å²) in [6.45, 7) is 5.27. The van der Waals surface area contributed by atoms with E-state index >= 15 is 0 Å². The van der Waals surface area contributed by atoms with Crippen molar-refractivity contribution in [2.45, 2.75) is 27.0 Å². The normalized spacial score (nSPS) is 10.5. The van der Waals surface area contributed by atoms with Crippen molar-refractivity contribution >= 4 is 27.6 Å². The van der Waals surface area contributed by atoms with Gasteiger partial charge in [-0.3, -0.25) is 0 Å². The number of carbonyl (C=O) groups is 1. The summed E-state index contributed by atoms with van der Waals surface area (Å²) in [6.07, 6.45) is 0. The van der Waals surface area contributed by atoms with Gasteiger partial charge in [-0.15, -0.1) is 0 Å². The number of nitrogens with one attached hydrogen (secondary N) is 1. The van der Waals surface area contributed by atoms with E-state index in [0.29, 0.717) is 36.8 Å². The van der Waals surface area contributed by atoms with Crippen molar-refractivity contribution in [3.8, 4) is 11.5 Å². The van der Waals surface area contributed by atoms with E-state index in [-0.39, 0.29) is 5.97 Å². The summed E-state index contributed by atoms with van der Waals surface area (Å²) < 4.78 is 17.5. The number of hydrogen-bond acceptors (Lipinski definition) is 5. The first-order valence-corrected chi connectivity index (χ1v) is 10.9. The third-order valence-corrected chi connectivity index (χ3v) is 5.59. The second-order valence-electron chi connectivity index (χ2n) is 6.96. The molecule has 3 rings (SSSR count). The van der Waals surface area contributed by atoms with Crippen LogP contribution in [0.3, 0.4) is 0 Å². The van der Waals surface area contributed by atoms with Gasteiger partial charge in [-0.25, -0.2) is 4.79 Å². The summed E-state index contributed by atoms with van der Waals surface area (Å²) >= 11 is 3.64. The number of aryl methyl sites for hydroxylation is 1. The van der Waals surface area contributed by atoms with Crippen molar-refractivity contribution in [2.75, 3.05) is 19.0 Å². The van der Waals surface area contributed by atoms with E-state index in [9.17, 15) is 4.79 Å². The molecule has 0 bridgehead atoms. The van der Waals surface area contributed by atoms with E-state index in [1.165, 1.54) is 5.56 Å². The molecule has 0 saturated heterocycles. The molecule has 5 nitrogen and oxygen atoms in total. The molecule has 3 aromatic carbocycles. The predicted molar refractivity (Wildman–Crippen MR) is 126 cm³/mol. The number of benzene rings is 3. The number of hydrogen-bond donors (Lipinski definition) is 1. The van der Waals surface area contributed by atoms with Crippen LogP contribution in [0.2, 0.25) is 0 Å². The predicted octanol–water partition coefficient (Wildman–Crippen LogP) is 6.13. The summed E-state index contributed by atoms with van der Waals surface area (Å²) in [6, 6.07) is 19.2. The van der Waals surface area contributed by atoms with Crippen molar-refractivity contribution in [1.82, 2.24) is 0 Å². The fourth-order valence-electron chi connectivity index (χ4n) is 3.05. The molecule has 162 valence electrons. The van der Waals surface area contributed by atoms with Crippen molar-refractivity contribution in [1.29, 1.82) is 0 Å².